The molecular formula is C17H10BrN3O3. The second-order valence-electron chi connectivity index (χ2n) is 5.24. The van der Waals surface area contributed by atoms with Crippen molar-refractivity contribution in [1.29, 1.82) is 0 Å². The van der Waals surface area contributed by atoms with Crippen molar-refractivity contribution in [2.24, 2.45) is 0 Å². The largest absolute Gasteiger partial charge is 0.477 e. The van der Waals surface area contributed by atoms with E-state index in [1.165, 1.54) is 0 Å². The van der Waals surface area contributed by atoms with Gasteiger partial charge in [0.1, 0.15) is 5.52 Å². The fourth-order valence-electron chi connectivity index (χ4n) is 2.77. The number of fused-ring (bicyclic) bond motifs is 3. The fraction of sp³-hybridized carbons (Fsp3) is 0. The normalized spacial score (nSPS) is 11.2. The molecule has 0 saturated heterocycles. The van der Waals surface area contributed by atoms with Crippen molar-refractivity contribution in [2.75, 3.05) is 0 Å². The quantitative estimate of drug-likeness (QED) is 0.555. The second kappa shape index (κ2) is 5.31. The van der Waals surface area contributed by atoms with Crippen LogP contribution in [0.15, 0.2) is 57.8 Å². The lowest BCUT2D eigenvalue weighted by atomic mass is 10.2. The van der Waals surface area contributed by atoms with Gasteiger partial charge in [-0.2, -0.15) is 9.78 Å². The van der Waals surface area contributed by atoms with Gasteiger partial charge in [-0.1, -0.05) is 40.2 Å². The van der Waals surface area contributed by atoms with Gasteiger partial charge in [0, 0.05) is 15.4 Å². The van der Waals surface area contributed by atoms with E-state index in [0.29, 0.717) is 16.7 Å². The van der Waals surface area contributed by atoms with E-state index >= 15 is 0 Å². The molecule has 0 spiro atoms. The predicted octanol–water partition coefficient (Wildman–Crippen LogP) is 3.33. The van der Waals surface area contributed by atoms with Gasteiger partial charge < -0.3 is 10.1 Å². The molecule has 2 aromatic carbocycles. The number of nitrogens with one attached hydrogen (secondary N) is 1. The molecule has 4 aromatic rings. The van der Waals surface area contributed by atoms with Crippen LogP contribution in [0.2, 0.25) is 0 Å². The number of halogens is 1. The van der Waals surface area contributed by atoms with E-state index in [1.54, 1.807) is 24.3 Å². The molecular weight excluding hydrogens is 374 g/mol. The lowest BCUT2D eigenvalue weighted by molar-refractivity contribution is 0.0696. The molecule has 0 atom stereocenters. The Morgan fingerprint density at radius 1 is 1.12 bits per heavy atom. The van der Waals surface area contributed by atoms with Crippen molar-refractivity contribution in [3.63, 3.8) is 0 Å². The van der Waals surface area contributed by atoms with E-state index in [9.17, 15) is 14.7 Å². The van der Waals surface area contributed by atoms with Gasteiger partial charge >= 0.3 is 5.97 Å². The number of carboxylic acid groups (broad SMARTS) is 1. The van der Waals surface area contributed by atoms with Crippen LogP contribution in [-0.4, -0.2) is 25.8 Å². The zero-order valence-corrected chi connectivity index (χ0v) is 13.7. The average Bonchev–Trinajstić information content (AvgIpc) is 2.93. The smallest absolute Gasteiger partial charge is 0.343 e. The first kappa shape index (κ1) is 14.6. The summed E-state index contributed by atoms with van der Waals surface area (Å²) < 4.78 is 1.90. The number of hydrogen-bond acceptors (Lipinski definition) is 3. The Morgan fingerprint density at radius 3 is 2.58 bits per heavy atom. The van der Waals surface area contributed by atoms with Gasteiger partial charge in [-0.05, 0) is 24.3 Å². The summed E-state index contributed by atoms with van der Waals surface area (Å²) in [6, 6.07) is 14.2. The van der Waals surface area contributed by atoms with Crippen LogP contribution in [0.4, 0.5) is 0 Å². The highest BCUT2D eigenvalue weighted by molar-refractivity contribution is 9.10. The highest BCUT2D eigenvalue weighted by Gasteiger charge is 2.22. The number of rotatable bonds is 2. The molecule has 0 unspecified atom stereocenters. The van der Waals surface area contributed by atoms with Crippen molar-refractivity contribution < 1.29 is 9.90 Å². The van der Waals surface area contributed by atoms with Crippen LogP contribution < -0.4 is 5.56 Å². The highest BCUT2D eigenvalue weighted by atomic mass is 79.9. The van der Waals surface area contributed by atoms with E-state index < -0.39 is 11.5 Å². The summed E-state index contributed by atoms with van der Waals surface area (Å²) in [6.45, 7) is 0. The highest BCUT2D eigenvalue weighted by Crippen LogP contribution is 2.31. The SMILES string of the molecule is O=C(O)c1c(=O)n(-c2ccccc2)nc2c1[nH]c1cccc(Br)c12. The molecule has 0 fully saturated rings. The number of carbonyl (C=O) groups is 1. The molecule has 6 nitrogen and oxygen atoms in total. The minimum Gasteiger partial charge on any atom is -0.477 e. The topological polar surface area (TPSA) is 88.0 Å². The first-order chi connectivity index (χ1) is 11.6. The van der Waals surface area contributed by atoms with E-state index in [4.69, 9.17) is 0 Å². The molecule has 2 aromatic heterocycles. The Kier molecular flexibility index (Phi) is 3.24. The van der Waals surface area contributed by atoms with Crippen LogP contribution in [0.5, 0.6) is 0 Å². The van der Waals surface area contributed by atoms with Gasteiger partial charge in [0.05, 0.1) is 11.2 Å². The predicted molar refractivity (Wildman–Crippen MR) is 93.9 cm³/mol. The number of aromatic carboxylic acids is 1. The zero-order valence-electron chi connectivity index (χ0n) is 12.2. The summed E-state index contributed by atoms with van der Waals surface area (Å²) in [5, 5.41) is 14.7. The zero-order chi connectivity index (χ0) is 16.8. The standard InChI is InChI=1S/C17H10BrN3O3/c18-10-7-4-8-11-12(10)15-14(19-11)13(17(23)24)16(22)21(20-15)9-5-2-1-3-6-9/h1-8,19H,(H,23,24). The van der Waals surface area contributed by atoms with Gasteiger partial charge in [-0.15, -0.1) is 0 Å². The van der Waals surface area contributed by atoms with Crippen LogP contribution in [-0.2, 0) is 0 Å². The van der Waals surface area contributed by atoms with Gasteiger partial charge in [0.2, 0.25) is 0 Å². The summed E-state index contributed by atoms with van der Waals surface area (Å²) in [4.78, 5) is 27.4. The van der Waals surface area contributed by atoms with E-state index in [1.807, 2.05) is 24.3 Å². The molecule has 0 saturated carbocycles. The van der Waals surface area contributed by atoms with Crippen LogP contribution in [0.3, 0.4) is 0 Å². The maximum atomic E-state index is 12.7. The van der Waals surface area contributed by atoms with Crippen molar-refractivity contribution in [3.05, 3.63) is 68.9 Å². The number of carboxylic acids is 1. The Morgan fingerprint density at radius 2 is 1.88 bits per heavy atom. The molecule has 0 amide bonds. The average molecular weight is 384 g/mol. The summed E-state index contributed by atoms with van der Waals surface area (Å²) in [6.07, 6.45) is 0. The monoisotopic (exact) mass is 383 g/mol. The maximum Gasteiger partial charge on any atom is 0.343 e. The summed E-state index contributed by atoms with van der Waals surface area (Å²) >= 11 is 3.46. The number of nitrogens with zero attached hydrogens (tertiary/aromatic N) is 2. The molecule has 0 bridgehead atoms. The molecule has 0 aliphatic carbocycles. The van der Waals surface area contributed by atoms with Crippen molar-refractivity contribution in [1.82, 2.24) is 14.8 Å². The number of H-pyrrole nitrogens is 1. The molecule has 0 aliphatic rings. The summed E-state index contributed by atoms with van der Waals surface area (Å²) in [5.41, 5.74) is 0.864. The molecule has 118 valence electrons. The number of benzene rings is 2. The van der Waals surface area contributed by atoms with Gasteiger partial charge in [0.25, 0.3) is 5.56 Å². The summed E-state index contributed by atoms with van der Waals surface area (Å²) in [7, 11) is 0. The Labute approximate surface area is 143 Å². The Bertz CT molecular complexity index is 1160. The molecule has 0 radical (unpaired) electrons. The van der Waals surface area contributed by atoms with Gasteiger partial charge in [-0.3, -0.25) is 4.79 Å². The van der Waals surface area contributed by atoms with Crippen molar-refractivity contribution in [3.8, 4) is 5.69 Å². The molecule has 7 heteroatoms. The Hall–Kier alpha value is -2.93. The third-order valence-electron chi connectivity index (χ3n) is 3.82. The van der Waals surface area contributed by atoms with E-state index in [0.717, 1.165) is 14.5 Å². The second-order valence-corrected chi connectivity index (χ2v) is 6.10. The van der Waals surface area contributed by atoms with Crippen molar-refractivity contribution >= 4 is 43.8 Å². The van der Waals surface area contributed by atoms with Crippen LogP contribution in [0.25, 0.3) is 27.6 Å². The molecule has 2 heterocycles. The number of aromatic nitrogens is 3. The first-order valence-electron chi connectivity index (χ1n) is 7.10. The third kappa shape index (κ3) is 2.05. The Balaban J connectivity index is 2.24. The number of para-hydroxylation sites is 1. The molecule has 0 aliphatic heterocycles. The lowest BCUT2D eigenvalue weighted by Gasteiger charge is -2.06. The van der Waals surface area contributed by atoms with Crippen molar-refractivity contribution in [2.45, 2.75) is 0 Å². The van der Waals surface area contributed by atoms with E-state index in [2.05, 4.69) is 26.0 Å². The molecule has 4 rings (SSSR count). The minimum absolute atomic E-state index is 0.224. The third-order valence-corrected chi connectivity index (χ3v) is 4.48. The number of aromatic amines is 1. The van der Waals surface area contributed by atoms with E-state index in [-0.39, 0.29) is 11.1 Å². The summed E-state index contributed by atoms with van der Waals surface area (Å²) in [5.74, 6) is -1.29. The van der Waals surface area contributed by atoms with Gasteiger partial charge in [0.15, 0.2) is 5.56 Å². The molecule has 24 heavy (non-hydrogen) atoms. The fourth-order valence-corrected chi connectivity index (χ4v) is 3.32. The van der Waals surface area contributed by atoms with Crippen LogP contribution in [0, 0.1) is 0 Å². The van der Waals surface area contributed by atoms with Crippen LogP contribution in [0.1, 0.15) is 10.4 Å². The maximum absolute atomic E-state index is 12.7. The lowest BCUT2D eigenvalue weighted by Crippen LogP contribution is -2.27. The minimum atomic E-state index is -1.29. The number of hydrogen-bond donors (Lipinski definition) is 2. The van der Waals surface area contributed by atoms with Crippen LogP contribution >= 0.6 is 15.9 Å². The van der Waals surface area contributed by atoms with Gasteiger partial charge in [-0.25, -0.2) is 4.79 Å². The first-order valence-corrected chi connectivity index (χ1v) is 7.89. The molecule has 2 N–H and O–H groups in total.